The fourth-order valence-corrected chi connectivity index (χ4v) is 4.88. The fourth-order valence-electron chi connectivity index (χ4n) is 4.88. The van der Waals surface area contributed by atoms with Crippen LogP contribution in [0.1, 0.15) is 63.3 Å². The predicted molar refractivity (Wildman–Crippen MR) is 146 cm³/mol. The molecule has 6 heteroatoms. The summed E-state index contributed by atoms with van der Waals surface area (Å²) in [6.45, 7) is 9.15. The Morgan fingerprint density at radius 3 is 2.29 bits per heavy atom. The molecule has 0 spiro atoms. The maximum Gasteiger partial charge on any atom is 0.410 e. The second kappa shape index (κ2) is 11.4. The number of amides is 1. The van der Waals surface area contributed by atoms with Crippen molar-refractivity contribution >= 4 is 6.09 Å². The summed E-state index contributed by atoms with van der Waals surface area (Å²) in [6.07, 6.45) is 0.849. The van der Waals surface area contributed by atoms with Gasteiger partial charge in [-0.1, -0.05) is 42.5 Å². The highest BCUT2D eigenvalue weighted by Crippen LogP contribution is 2.38. The minimum absolute atomic E-state index is 0.267. The van der Waals surface area contributed by atoms with Crippen molar-refractivity contribution in [2.45, 2.75) is 57.7 Å². The van der Waals surface area contributed by atoms with E-state index in [9.17, 15) is 9.18 Å². The average Bonchev–Trinajstić information content (AvgIpc) is 2.91. The summed E-state index contributed by atoms with van der Waals surface area (Å²) < 4.78 is 26.7. The van der Waals surface area contributed by atoms with E-state index in [1.165, 1.54) is 17.7 Å². The molecule has 3 aromatic rings. The Morgan fingerprint density at radius 1 is 1.03 bits per heavy atom. The number of rotatable bonds is 6. The van der Waals surface area contributed by atoms with Gasteiger partial charge in [-0.2, -0.15) is 5.26 Å². The zero-order chi connectivity index (χ0) is 27.3. The van der Waals surface area contributed by atoms with Gasteiger partial charge < -0.3 is 14.4 Å². The highest BCUT2D eigenvalue weighted by Gasteiger charge is 2.39. The Hall–Kier alpha value is -3.69. The van der Waals surface area contributed by atoms with Crippen LogP contribution >= 0.6 is 0 Å². The summed E-state index contributed by atoms with van der Waals surface area (Å²) in [5, 5.41) is 9.06. The lowest BCUT2D eigenvalue weighted by Gasteiger charge is -2.42. The lowest BCUT2D eigenvalue weighted by Crippen LogP contribution is -2.48. The number of benzene rings is 3. The van der Waals surface area contributed by atoms with Crippen molar-refractivity contribution in [3.63, 3.8) is 0 Å². The van der Waals surface area contributed by atoms with Gasteiger partial charge in [0, 0.05) is 18.5 Å². The second-order valence-electron chi connectivity index (χ2n) is 11.0. The van der Waals surface area contributed by atoms with Crippen molar-refractivity contribution in [1.29, 1.82) is 5.26 Å². The van der Waals surface area contributed by atoms with Gasteiger partial charge in [-0.3, -0.25) is 0 Å². The first kappa shape index (κ1) is 27.3. The van der Waals surface area contributed by atoms with Crippen molar-refractivity contribution in [1.82, 2.24) is 4.90 Å². The Morgan fingerprint density at radius 2 is 1.68 bits per heavy atom. The van der Waals surface area contributed by atoms with E-state index in [0.717, 1.165) is 29.5 Å². The molecular formula is C32H35FN2O3. The third-order valence-corrected chi connectivity index (χ3v) is 7.10. The normalized spacial score (nSPS) is 15.9. The van der Waals surface area contributed by atoms with Crippen LogP contribution < -0.4 is 0 Å². The van der Waals surface area contributed by atoms with Gasteiger partial charge in [0.25, 0.3) is 0 Å². The summed E-state index contributed by atoms with van der Waals surface area (Å²) >= 11 is 0. The molecule has 1 atom stereocenters. The second-order valence-corrected chi connectivity index (χ2v) is 11.0. The van der Waals surface area contributed by atoms with Gasteiger partial charge in [-0.15, -0.1) is 0 Å². The van der Waals surface area contributed by atoms with Gasteiger partial charge in [0.2, 0.25) is 0 Å². The molecule has 1 fully saturated rings. The smallest absolute Gasteiger partial charge is 0.410 e. The summed E-state index contributed by atoms with van der Waals surface area (Å²) in [7, 11) is 0. The third kappa shape index (κ3) is 6.59. The van der Waals surface area contributed by atoms with E-state index in [-0.39, 0.29) is 23.4 Å². The third-order valence-electron chi connectivity index (χ3n) is 7.10. The molecule has 3 aromatic carbocycles. The van der Waals surface area contributed by atoms with E-state index >= 15 is 0 Å². The SMILES string of the molecule is CC(OCC1(c2ccccc2)CCN(C(=O)OC(C)(C)C)CC1)c1cc(F)cc(-c2ccc(C#N)cc2)c1. The van der Waals surface area contributed by atoms with Crippen LogP contribution in [0, 0.1) is 17.1 Å². The average molecular weight is 515 g/mol. The minimum atomic E-state index is -0.537. The predicted octanol–water partition coefficient (Wildman–Crippen LogP) is 7.41. The maximum atomic E-state index is 14.6. The first-order chi connectivity index (χ1) is 18.1. The molecule has 38 heavy (non-hydrogen) atoms. The molecule has 0 aromatic heterocycles. The molecule has 0 bridgehead atoms. The number of halogens is 1. The zero-order valence-electron chi connectivity index (χ0n) is 22.5. The highest BCUT2D eigenvalue weighted by molar-refractivity contribution is 5.68. The van der Waals surface area contributed by atoms with Crippen molar-refractivity contribution in [3.8, 4) is 17.2 Å². The molecule has 4 rings (SSSR count). The van der Waals surface area contributed by atoms with E-state index in [0.29, 0.717) is 25.3 Å². The van der Waals surface area contributed by atoms with Crippen LogP contribution in [0.3, 0.4) is 0 Å². The molecule has 0 radical (unpaired) electrons. The highest BCUT2D eigenvalue weighted by atomic mass is 19.1. The van der Waals surface area contributed by atoms with Crippen LogP contribution in [0.2, 0.25) is 0 Å². The van der Waals surface area contributed by atoms with Gasteiger partial charge in [-0.05, 0) is 93.1 Å². The number of nitrogens with zero attached hydrogens (tertiary/aromatic N) is 2. The number of likely N-dealkylation sites (tertiary alicyclic amines) is 1. The summed E-state index contributed by atoms with van der Waals surface area (Å²) in [6, 6.07) is 24.4. The standard InChI is InChI=1S/C32H35FN2O3/c1-23(26-18-27(20-29(33)19-26)25-12-10-24(21-34)11-13-25)37-22-32(28-8-6-5-7-9-28)14-16-35(17-15-32)30(36)38-31(2,3)4/h5-13,18-20,23H,14-17,22H2,1-4H3. The Bertz CT molecular complexity index is 1290. The van der Waals surface area contributed by atoms with Crippen LogP contribution in [-0.2, 0) is 14.9 Å². The zero-order valence-corrected chi connectivity index (χ0v) is 22.5. The van der Waals surface area contributed by atoms with Gasteiger partial charge >= 0.3 is 6.09 Å². The van der Waals surface area contributed by atoms with Gasteiger partial charge in [0.05, 0.1) is 24.3 Å². The fraction of sp³-hybridized carbons (Fsp3) is 0.375. The largest absolute Gasteiger partial charge is 0.444 e. The first-order valence-corrected chi connectivity index (χ1v) is 13.0. The van der Waals surface area contributed by atoms with E-state index in [1.54, 1.807) is 17.0 Å². The minimum Gasteiger partial charge on any atom is -0.444 e. The molecular weight excluding hydrogens is 479 g/mol. The maximum absolute atomic E-state index is 14.6. The molecule has 0 saturated carbocycles. The van der Waals surface area contributed by atoms with Crippen molar-refractivity contribution < 1.29 is 18.7 Å². The summed E-state index contributed by atoms with van der Waals surface area (Å²) in [5.74, 6) is -0.333. The van der Waals surface area contributed by atoms with Crippen LogP contribution in [0.4, 0.5) is 9.18 Å². The lowest BCUT2D eigenvalue weighted by atomic mass is 9.73. The van der Waals surface area contributed by atoms with Crippen LogP contribution in [0.25, 0.3) is 11.1 Å². The molecule has 1 aliphatic heterocycles. The quantitative estimate of drug-likeness (QED) is 0.344. The van der Waals surface area contributed by atoms with Crippen molar-refractivity contribution in [3.05, 3.63) is 95.3 Å². The Labute approximate surface area is 224 Å². The van der Waals surface area contributed by atoms with Crippen molar-refractivity contribution in [2.24, 2.45) is 0 Å². The topological polar surface area (TPSA) is 62.6 Å². The number of nitriles is 1. The number of hydrogen-bond donors (Lipinski definition) is 0. The van der Waals surface area contributed by atoms with Crippen LogP contribution in [0.15, 0.2) is 72.8 Å². The lowest BCUT2D eigenvalue weighted by molar-refractivity contribution is -0.00964. The molecule has 0 N–H and O–H groups in total. The number of carbonyl (C=O) groups is 1. The molecule has 1 aliphatic rings. The van der Waals surface area contributed by atoms with Gasteiger partial charge in [0.1, 0.15) is 11.4 Å². The van der Waals surface area contributed by atoms with Gasteiger partial charge in [0.15, 0.2) is 0 Å². The molecule has 1 unspecified atom stereocenters. The number of ether oxygens (including phenoxy) is 2. The monoisotopic (exact) mass is 514 g/mol. The van der Waals surface area contributed by atoms with Crippen molar-refractivity contribution in [2.75, 3.05) is 19.7 Å². The van der Waals surface area contributed by atoms with E-state index in [4.69, 9.17) is 14.7 Å². The molecule has 1 saturated heterocycles. The van der Waals surface area contributed by atoms with Crippen LogP contribution in [0.5, 0.6) is 0 Å². The number of piperidine rings is 1. The van der Waals surface area contributed by atoms with E-state index in [2.05, 4.69) is 18.2 Å². The summed E-state index contributed by atoms with van der Waals surface area (Å²) in [4.78, 5) is 14.4. The van der Waals surface area contributed by atoms with E-state index < -0.39 is 5.60 Å². The molecule has 1 heterocycles. The Balaban J connectivity index is 1.50. The van der Waals surface area contributed by atoms with Crippen LogP contribution in [-0.4, -0.2) is 36.3 Å². The molecule has 5 nitrogen and oxygen atoms in total. The van der Waals surface area contributed by atoms with Gasteiger partial charge in [-0.25, -0.2) is 9.18 Å². The first-order valence-electron chi connectivity index (χ1n) is 13.0. The summed E-state index contributed by atoms with van der Waals surface area (Å²) in [5.41, 5.74) is 3.26. The number of hydrogen-bond acceptors (Lipinski definition) is 4. The molecule has 198 valence electrons. The van der Waals surface area contributed by atoms with E-state index in [1.807, 2.05) is 64.1 Å². The molecule has 1 amide bonds. The number of carbonyl (C=O) groups excluding carboxylic acids is 1. The Kier molecular flexibility index (Phi) is 8.18. The molecule has 0 aliphatic carbocycles.